The normalized spacial score (nSPS) is 22.2. The SMILES string of the molecule is CCCC[C@@H](C(=O)N(C)[C@@H](CCCC)C(=O)N[C@@H](CC(C)C)C(=O)N[C@@H](CSCC(N)=O)C(=O)NCC(N)=O)N(C)C(=O)[C@H](Cc1cn(CC(=O)O)c2ccccc12)NC(=O)[C@@H]1CCC(N)[C@@H](Cc2ccc(O)cc2)C(=O)N(C)[C@@H](C)C(=O)N[C@@H](CC(N)=O)C(=O)N2CCC[C@H]2C(=O)N[C@@H](CNC[C@H](O)[C@@H](O)[C@@H](O)CO)C(=O)N[C@@H](CC(C)(C)C)C(=O)N2C[C@H](O)C[C@H]2C(=O)N[C@@H](Cc2c[nH]c3ccccc23)C(=O)N1. The van der Waals surface area contributed by atoms with Gasteiger partial charge in [-0.2, -0.15) is 0 Å². The molecule has 3 aromatic carbocycles. The lowest BCUT2D eigenvalue weighted by atomic mass is 9.87. The number of primary amides is 3. The number of benzene rings is 3. The van der Waals surface area contributed by atoms with E-state index in [0.29, 0.717) is 52.2 Å². The molecule has 47 heteroatoms. The first-order valence-corrected chi connectivity index (χ1v) is 50.1. The molecule has 0 bridgehead atoms. The summed E-state index contributed by atoms with van der Waals surface area (Å²) in [6, 6.07) is -3.58. The van der Waals surface area contributed by atoms with E-state index in [1.165, 1.54) is 63.1 Å². The van der Waals surface area contributed by atoms with Crippen molar-refractivity contribution in [2.75, 3.05) is 72.0 Å². The summed E-state index contributed by atoms with van der Waals surface area (Å²) in [5, 5.41) is 102. The van der Waals surface area contributed by atoms with Gasteiger partial charge in [0.25, 0.3) is 0 Å². The highest BCUT2D eigenvalue weighted by Crippen LogP contribution is 2.31. The summed E-state index contributed by atoms with van der Waals surface area (Å²) in [6.07, 6.45) is -6.42. The Hall–Kier alpha value is -12.9. The molecular formula is C98H145N21O25S. The predicted molar refractivity (Wildman–Crippen MR) is 533 cm³/mol. The van der Waals surface area contributed by atoms with E-state index in [2.05, 4.69) is 58.2 Å². The van der Waals surface area contributed by atoms with E-state index in [1.54, 1.807) is 89.3 Å². The van der Waals surface area contributed by atoms with Crippen LogP contribution in [0.15, 0.2) is 85.2 Å². The Labute approximate surface area is 845 Å². The topological polar surface area (TPSA) is 710 Å². The molecule has 1 unspecified atom stereocenters. The third kappa shape index (κ3) is 33.6. The largest absolute Gasteiger partial charge is 0.508 e. The molecule has 3 aliphatic heterocycles. The molecule has 3 aliphatic rings. The molecule has 0 radical (unpaired) electrons. The first kappa shape index (κ1) is 117. The first-order valence-electron chi connectivity index (χ1n) is 48.9. The summed E-state index contributed by atoms with van der Waals surface area (Å²) >= 11 is 0.903. The maximum Gasteiger partial charge on any atom is 0.323 e. The lowest BCUT2D eigenvalue weighted by Crippen LogP contribution is -2.62. The number of aromatic nitrogens is 2. The number of amides is 17. The summed E-state index contributed by atoms with van der Waals surface area (Å²) in [6.45, 7) is 9.45. The number of aliphatic hydroxyl groups excluding tert-OH is 5. The number of nitrogens with zero attached hydrogens (tertiary/aromatic N) is 6. The number of carbonyl (C=O) groups excluding carboxylic acids is 17. The molecule has 46 nitrogen and oxygen atoms in total. The number of carboxylic acid groups (broad SMARTS) is 1. The van der Waals surface area contributed by atoms with Gasteiger partial charge in [-0.25, -0.2) is 0 Å². The van der Waals surface area contributed by atoms with Crippen molar-refractivity contribution >= 4 is 140 Å². The fourth-order valence-electron chi connectivity index (χ4n) is 18.2. The van der Waals surface area contributed by atoms with Gasteiger partial charge in [-0.05, 0) is 117 Å². The number of nitrogens with two attached hydrogens (primary N) is 4. The van der Waals surface area contributed by atoms with E-state index in [0.717, 1.165) is 36.3 Å². The second-order valence-electron chi connectivity index (χ2n) is 39.3. The number of nitrogens with one attached hydrogen (secondary N) is 11. The molecule has 26 N–H and O–H groups in total. The van der Waals surface area contributed by atoms with Crippen LogP contribution in [0.5, 0.6) is 5.75 Å². The second kappa shape index (κ2) is 54.8. The Balaban J connectivity index is 1.29. The third-order valence-electron chi connectivity index (χ3n) is 26.2. The van der Waals surface area contributed by atoms with Crippen molar-refractivity contribution in [3.05, 3.63) is 102 Å². The van der Waals surface area contributed by atoms with E-state index in [4.69, 9.17) is 22.9 Å². The average molecular weight is 2050 g/mol. The number of likely N-dealkylation sites (N-methyl/N-ethyl adjacent to an activating group) is 3. The van der Waals surface area contributed by atoms with Crippen LogP contribution in [0, 0.1) is 17.3 Å². The molecular weight excluding hydrogens is 1900 g/mol. The minimum Gasteiger partial charge on any atom is -0.508 e. The molecule has 0 saturated carbocycles. The van der Waals surface area contributed by atoms with Crippen molar-refractivity contribution in [2.24, 2.45) is 40.2 Å². The van der Waals surface area contributed by atoms with E-state index < -0.39 is 305 Å². The van der Waals surface area contributed by atoms with Crippen LogP contribution in [0.4, 0.5) is 0 Å². The van der Waals surface area contributed by atoms with Crippen LogP contribution < -0.4 is 76.1 Å². The minimum absolute atomic E-state index is 0.0128. The average Bonchev–Trinajstić information content (AvgIpc) is 1.64. The van der Waals surface area contributed by atoms with Crippen LogP contribution in [0.2, 0.25) is 0 Å². The molecule has 3 fully saturated rings. The lowest BCUT2D eigenvalue weighted by Gasteiger charge is -2.36. The molecule has 8 rings (SSSR count). The number of aromatic hydroxyl groups is 1. The van der Waals surface area contributed by atoms with Gasteiger partial charge in [0, 0.05) is 113 Å². The number of carbonyl (C=O) groups is 18. The van der Waals surface area contributed by atoms with Gasteiger partial charge in [-0.1, -0.05) is 123 Å². The number of aliphatic hydroxyl groups is 5. The molecule has 798 valence electrons. The monoisotopic (exact) mass is 2050 g/mol. The zero-order valence-electron chi connectivity index (χ0n) is 83.9. The number of phenolic OH excluding ortho intramolecular Hbond substituents is 1. The number of unbranched alkanes of at least 4 members (excludes halogenated alkanes) is 2. The zero-order valence-corrected chi connectivity index (χ0v) is 84.7. The number of H-pyrrole nitrogens is 1. The van der Waals surface area contributed by atoms with E-state index in [-0.39, 0.29) is 86.6 Å². The maximum absolute atomic E-state index is 16.6. The quantitative estimate of drug-likeness (QED) is 0.0178. The molecule has 17 amide bonds. The van der Waals surface area contributed by atoms with Crippen LogP contribution in [0.1, 0.15) is 162 Å². The highest BCUT2D eigenvalue weighted by molar-refractivity contribution is 8.00. The van der Waals surface area contributed by atoms with Crippen LogP contribution in [-0.2, 0) is 112 Å². The van der Waals surface area contributed by atoms with Gasteiger partial charge in [-0.3, -0.25) is 86.3 Å². The number of hydrogen-bond acceptors (Lipinski definition) is 27. The van der Waals surface area contributed by atoms with Gasteiger partial charge < -0.3 is 146 Å². The van der Waals surface area contributed by atoms with Gasteiger partial charge in [-0.15, -0.1) is 11.8 Å². The molecule has 3 saturated heterocycles. The Bertz CT molecular complexity index is 5380. The number of aliphatic carboxylic acids is 1. The van der Waals surface area contributed by atoms with E-state index >= 15 is 47.9 Å². The summed E-state index contributed by atoms with van der Waals surface area (Å²) in [5.74, 6) is -20.1. The summed E-state index contributed by atoms with van der Waals surface area (Å²) in [7, 11) is 3.87. The summed E-state index contributed by atoms with van der Waals surface area (Å²) in [4.78, 5) is 273. The molecule has 2 aromatic heterocycles. The van der Waals surface area contributed by atoms with E-state index in [1.807, 2.05) is 13.8 Å². The lowest BCUT2D eigenvalue weighted by molar-refractivity contribution is -0.149. The maximum atomic E-state index is 16.6. The Morgan fingerprint density at radius 3 is 1.88 bits per heavy atom. The Kier molecular flexibility index (Phi) is 44.4. The molecule has 145 heavy (non-hydrogen) atoms. The first-order chi connectivity index (χ1) is 68.4. The van der Waals surface area contributed by atoms with Crippen LogP contribution in [0.3, 0.4) is 0 Å². The number of hydrogen-bond donors (Lipinski definition) is 22. The number of aromatic amines is 1. The molecule has 0 spiro atoms. The van der Waals surface area contributed by atoms with Crippen molar-refractivity contribution in [2.45, 2.75) is 280 Å². The standard InChI is InChI=1S/C98H145N21O25S/c1-12-14-24-73(90(137)107-65(35-52(3)4)87(134)113-71(50-145-51-81(102)127)85(132)105-45-80(101)126)115(10)97(144)75(25-15-13-2)116(11)94(141)67(38-56-46-117(48-82(128)129)72-26-19-17-22-60(56)72)110-86(133)64-33-32-62(99)61(36-54-28-30-57(121)31-29-54)93(140)114(9)53(5)84(131)109-68(40-79(100)125)95(142)118-34-20-27-74(118)91(138)112-70(43-103-44-77(123)83(130)78(124)49-120)89(136)111-69(41-98(6,7)8)96(143)119-47-58(122)39-76(119)92(139)108-66(88(135)106-64)37-55-42-104-63-23-18-16-21-59(55)63/h16-19,21-23,26,28-31,42,46,52-53,58,61-62,64-71,73-78,83,103-104,120-124,130H,12-15,20,24-25,27,32-41,43-45,47-51,99H2,1-11H3,(H2,100,125)(H2,101,126)(H2,102,127)(H,105,132)(H,106,135)(H,107,137)(H,108,139)(H,109,131)(H,110,133)(H,111,136)(H,112,138)(H,113,134)(H,128,129)/t53-,58+,61+,62?,64-,65-,66-,67-,68-,69-,70-,71-,73-,74-,75-,76-,77-,78-,83+/m0/s1. The number of fused-ring (bicyclic) bond motifs is 4. The van der Waals surface area contributed by atoms with Gasteiger partial charge >= 0.3 is 5.97 Å². The fourth-order valence-corrected chi connectivity index (χ4v) is 19.0. The smallest absolute Gasteiger partial charge is 0.323 e. The van der Waals surface area contributed by atoms with Crippen LogP contribution >= 0.6 is 11.8 Å². The highest BCUT2D eigenvalue weighted by Gasteiger charge is 2.48. The zero-order chi connectivity index (χ0) is 107. The van der Waals surface area contributed by atoms with Crippen molar-refractivity contribution in [1.29, 1.82) is 0 Å². The van der Waals surface area contributed by atoms with Gasteiger partial charge in [0.1, 0.15) is 103 Å². The van der Waals surface area contributed by atoms with Crippen molar-refractivity contribution < 1.29 is 122 Å². The second-order valence-corrected chi connectivity index (χ2v) is 40.3. The molecule has 5 heterocycles. The number of carboxylic acids is 1. The number of para-hydroxylation sites is 2. The molecule has 5 aromatic rings. The third-order valence-corrected chi connectivity index (χ3v) is 27.2. The number of thioether (sulfide) groups is 1. The van der Waals surface area contributed by atoms with Gasteiger partial charge in [0.15, 0.2) is 0 Å². The molecule has 0 aliphatic carbocycles. The van der Waals surface area contributed by atoms with E-state index in [9.17, 15) is 74.1 Å². The van der Waals surface area contributed by atoms with Crippen molar-refractivity contribution in [3.63, 3.8) is 0 Å². The van der Waals surface area contributed by atoms with Crippen LogP contribution in [0.25, 0.3) is 21.8 Å². The van der Waals surface area contributed by atoms with Gasteiger partial charge in [0.05, 0.1) is 43.5 Å². The van der Waals surface area contributed by atoms with Crippen molar-refractivity contribution in [1.82, 2.24) is 87.2 Å². The predicted octanol–water partition coefficient (Wildman–Crippen LogP) is -3.77. The number of phenols is 1. The Morgan fingerprint density at radius 2 is 1.24 bits per heavy atom. The summed E-state index contributed by atoms with van der Waals surface area (Å²) in [5.41, 5.74) is 24.9. The minimum atomic E-state index is -1.94. The highest BCUT2D eigenvalue weighted by atomic mass is 32.2. The molecule has 19 atom stereocenters. The summed E-state index contributed by atoms with van der Waals surface area (Å²) < 4.78 is 1.40. The number of rotatable bonds is 43. The van der Waals surface area contributed by atoms with Gasteiger partial charge in [0.2, 0.25) is 100 Å². The fraction of sp³-hybridized carbons (Fsp3) is 0.592. The Morgan fingerprint density at radius 1 is 0.634 bits per heavy atom. The van der Waals surface area contributed by atoms with Crippen LogP contribution in [-0.4, -0.2) is 357 Å². The van der Waals surface area contributed by atoms with Crippen molar-refractivity contribution in [3.8, 4) is 5.75 Å².